The summed E-state index contributed by atoms with van der Waals surface area (Å²) in [5.41, 5.74) is 0.891. The number of nitrogens with zero attached hydrogens (tertiary/aromatic N) is 2. The maximum Gasteiger partial charge on any atom is 0.338 e. The number of aromatic hydroxyl groups is 1. The lowest BCUT2D eigenvalue weighted by Crippen LogP contribution is -2.28. The molecule has 0 radical (unpaired) electrons. The third-order valence-electron chi connectivity index (χ3n) is 4.28. The predicted molar refractivity (Wildman–Crippen MR) is 117 cm³/mol. The third kappa shape index (κ3) is 4.83. The Morgan fingerprint density at radius 2 is 1.93 bits per heavy atom. The van der Waals surface area contributed by atoms with Gasteiger partial charge in [-0.05, 0) is 67.1 Å². The molecule has 1 amide bonds. The van der Waals surface area contributed by atoms with Crippen LogP contribution in [0.15, 0.2) is 52.4 Å². The number of carbonyl (C=O) groups is 2. The van der Waals surface area contributed by atoms with E-state index >= 15 is 0 Å². The van der Waals surface area contributed by atoms with E-state index in [0.717, 1.165) is 23.8 Å². The minimum Gasteiger partial charge on any atom is -0.508 e. The summed E-state index contributed by atoms with van der Waals surface area (Å²) in [7, 11) is 0. The molecule has 8 heteroatoms. The Balaban J connectivity index is 1.89. The van der Waals surface area contributed by atoms with Crippen LogP contribution >= 0.6 is 11.8 Å². The van der Waals surface area contributed by atoms with Crippen molar-refractivity contribution in [3.8, 4) is 11.5 Å². The Hall–Kier alpha value is -3.26. The monoisotopic (exact) mass is 426 g/mol. The zero-order valence-electron chi connectivity index (χ0n) is 16.7. The summed E-state index contributed by atoms with van der Waals surface area (Å²) in [6, 6.07) is 11.4. The van der Waals surface area contributed by atoms with Crippen LogP contribution in [0.1, 0.15) is 36.2 Å². The van der Waals surface area contributed by atoms with Crippen molar-refractivity contribution in [3.63, 3.8) is 0 Å². The highest BCUT2D eigenvalue weighted by Gasteiger charge is 2.32. The van der Waals surface area contributed by atoms with Gasteiger partial charge in [0, 0.05) is 6.54 Å². The van der Waals surface area contributed by atoms with Gasteiger partial charge in [-0.1, -0.05) is 19.1 Å². The molecule has 0 aromatic heterocycles. The van der Waals surface area contributed by atoms with E-state index in [1.807, 2.05) is 38.1 Å². The molecule has 0 unspecified atom stereocenters. The van der Waals surface area contributed by atoms with E-state index in [-0.39, 0.29) is 22.9 Å². The number of benzene rings is 2. The van der Waals surface area contributed by atoms with E-state index < -0.39 is 5.97 Å². The Kier molecular flexibility index (Phi) is 6.79. The van der Waals surface area contributed by atoms with Crippen LogP contribution in [0.5, 0.6) is 11.5 Å². The standard InChI is InChI=1S/C22H22N2O5S/c1-3-11-29-16-8-5-14(6-9-16)12-19-20(26)24(4-2)22(30-19)23-18-10-7-15(25)13-17(18)21(27)28/h5-10,12-13,25H,3-4,11H2,1-2H3,(H,27,28)/b19-12-,23-22?. The largest absolute Gasteiger partial charge is 0.508 e. The molecule has 1 saturated heterocycles. The van der Waals surface area contributed by atoms with E-state index in [0.29, 0.717) is 23.2 Å². The summed E-state index contributed by atoms with van der Waals surface area (Å²) in [5.74, 6) is -0.784. The molecule has 156 valence electrons. The zero-order chi connectivity index (χ0) is 21.7. The van der Waals surface area contributed by atoms with Gasteiger partial charge in [-0.25, -0.2) is 9.79 Å². The minimum absolute atomic E-state index is 0.133. The van der Waals surface area contributed by atoms with Gasteiger partial charge in [-0.2, -0.15) is 0 Å². The van der Waals surface area contributed by atoms with Gasteiger partial charge in [-0.15, -0.1) is 0 Å². The van der Waals surface area contributed by atoms with Gasteiger partial charge in [-0.3, -0.25) is 9.69 Å². The second-order valence-corrected chi connectivity index (χ2v) is 7.49. The van der Waals surface area contributed by atoms with Crippen LogP contribution in [-0.4, -0.2) is 45.3 Å². The molecule has 1 aliphatic rings. The van der Waals surface area contributed by atoms with Crippen molar-refractivity contribution >= 4 is 40.6 Å². The molecule has 2 N–H and O–H groups in total. The molecule has 30 heavy (non-hydrogen) atoms. The number of thioether (sulfide) groups is 1. The number of ether oxygens (including phenoxy) is 1. The van der Waals surface area contributed by atoms with Crippen molar-refractivity contribution in [2.75, 3.05) is 13.2 Å². The first kappa shape index (κ1) is 21.4. The highest BCUT2D eigenvalue weighted by Crippen LogP contribution is 2.35. The second-order valence-electron chi connectivity index (χ2n) is 6.48. The summed E-state index contributed by atoms with van der Waals surface area (Å²) in [6.45, 7) is 4.91. The number of aliphatic imine (C=N–C) groups is 1. The van der Waals surface area contributed by atoms with Gasteiger partial charge < -0.3 is 14.9 Å². The van der Waals surface area contributed by atoms with Crippen molar-refractivity contribution in [1.29, 1.82) is 0 Å². The molecule has 1 aliphatic heterocycles. The second kappa shape index (κ2) is 9.49. The Bertz CT molecular complexity index is 1010. The molecule has 0 atom stereocenters. The van der Waals surface area contributed by atoms with Crippen LogP contribution in [0.25, 0.3) is 6.08 Å². The van der Waals surface area contributed by atoms with Crippen molar-refractivity contribution in [1.82, 2.24) is 4.90 Å². The smallest absolute Gasteiger partial charge is 0.338 e. The van der Waals surface area contributed by atoms with Crippen LogP contribution in [0, 0.1) is 0 Å². The number of carbonyl (C=O) groups excluding carboxylic acids is 1. The Morgan fingerprint density at radius 3 is 2.57 bits per heavy atom. The number of phenolic OH excluding ortho intramolecular Hbond substituents is 1. The Labute approximate surface area is 178 Å². The summed E-state index contributed by atoms with van der Waals surface area (Å²) < 4.78 is 5.57. The van der Waals surface area contributed by atoms with E-state index in [1.165, 1.54) is 28.8 Å². The maximum absolute atomic E-state index is 12.8. The fourth-order valence-electron chi connectivity index (χ4n) is 2.80. The highest BCUT2D eigenvalue weighted by atomic mass is 32.2. The van der Waals surface area contributed by atoms with Crippen LogP contribution < -0.4 is 4.74 Å². The van der Waals surface area contributed by atoms with E-state index in [4.69, 9.17) is 4.74 Å². The molecule has 2 aromatic carbocycles. The van der Waals surface area contributed by atoms with Crippen LogP contribution in [0.3, 0.4) is 0 Å². The third-order valence-corrected chi connectivity index (χ3v) is 5.29. The van der Waals surface area contributed by atoms with Crippen molar-refractivity contribution in [2.24, 2.45) is 4.99 Å². The topological polar surface area (TPSA) is 99.4 Å². The summed E-state index contributed by atoms with van der Waals surface area (Å²) in [6.07, 6.45) is 2.70. The Morgan fingerprint density at radius 1 is 1.20 bits per heavy atom. The molecule has 0 saturated carbocycles. The van der Waals surface area contributed by atoms with Gasteiger partial charge in [0.15, 0.2) is 5.17 Å². The first-order valence-corrected chi connectivity index (χ1v) is 10.3. The van der Waals surface area contributed by atoms with Crippen LogP contribution in [0.4, 0.5) is 5.69 Å². The molecular formula is C22H22N2O5S. The summed E-state index contributed by atoms with van der Waals surface area (Å²) in [5, 5.41) is 19.3. The summed E-state index contributed by atoms with van der Waals surface area (Å²) >= 11 is 1.18. The number of amides is 1. The fraction of sp³-hybridized carbons (Fsp3) is 0.227. The zero-order valence-corrected chi connectivity index (χ0v) is 17.5. The molecular weight excluding hydrogens is 404 g/mol. The van der Waals surface area contributed by atoms with Gasteiger partial charge in [0.05, 0.1) is 22.8 Å². The molecule has 7 nitrogen and oxygen atoms in total. The molecule has 3 rings (SSSR count). The number of aromatic carboxylic acids is 1. The lowest BCUT2D eigenvalue weighted by molar-refractivity contribution is -0.122. The number of hydrogen-bond acceptors (Lipinski definition) is 6. The average Bonchev–Trinajstić information content (AvgIpc) is 3.02. The van der Waals surface area contributed by atoms with Crippen molar-refractivity contribution in [2.45, 2.75) is 20.3 Å². The number of likely N-dealkylation sites (N-methyl/N-ethyl adjacent to an activating group) is 1. The van der Waals surface area contributed by atoms with Gasteiger partial charge in [0.25, 0.3) is 5.91 Å². The minimum atomic E-state index is -1.20. The molecule has 0 bridgehead atoms. The van der Waals surface area contributed by atoms with Crippen molar-refractivity contribution in [3.05, 3.63) is 58.5 Å². The number of amidine groups is 1. The lowest BCUT2D eigenvalue weighted by atomic mass is 10.2. The number of phenols is 1. The lowest BCUT2D eigenvalue weighted by Gasteiger charge is -2.12. The van der Waals surface area contributed by atoms with Gasteiger partial charge >= 0.3 is 5.97 Å². The number of carboxylic acid groups (broad SMARTS) is 1. The maximum atomic E-state index is 12.8. The molecule has 0 aliphatic carbocycles. The van der Waals surface area contributed by atoms with Crippen LogP contribution in [-0.2, 0) is 4.79 Å². The quantitative estimate of drug-likeness (QED) is 0.632. The SMILES string of the molecule is CCCOc1ccc(/C=C2\SC(=Nc3ccc(O)cc3C(=O)O)N(CC)C2=O)cc1. The normalized spacial score (nSPS) is 16.5. The fourth-order valence-corrected chi connectivity index (χ4v) is 3.85. The first-order valence-electron chi connectivity index (χ1n) is 9.52. The summed E-state index contributed by atoms with van der Waals surface area (Å²) in [4.78, 5) is 30.7. The molecule has 1 heterocycles. The van der Waals surface area contributed by atoms with Crippen molar-refractivity contribution < 1.29 is 24.5 Å². The number of hydrogen-bond donors (Lipinski definition) is 2. The van der Waals surface area contributed by atoms with Gasteiger partial charge in [0.1, 0.15) is 11.5 Å². The first-order chi connectivity index (χ1) is 14.4. The van der Waals surface area contributed by atoms with E-state index in [1.54, 1.807) is 6.08 Å². The molecule has 0 spiro atoms. The number of carboxylic acids is 1. The van der Waals surface area contributed by atoms with E-state index in [9.17, 15) is 19.8 Å². The molecule has 2 aromatic rings. The number of rotatable bonds is 7. The average molecular weight is 426 g/mol. The highest BCUT2D eigenvalue weighted by molar-refractivity contribution is 8.18. The molecule has 1 fully saturated rings. The van der Waals surface area contributed by atoms with E-state index in [2.05, 4.69) is 4.99 Å². The predicted octanol–water partition coefficient (Wildman–Crippen LogP) is 4.50. The van der Waals surface area contributed by atoms with Crippen LogP contribution in [0.2, 0.25) is 0 Å². The van der Waals surface area contributed by atoms with Gasteiger partial charge in [0.2, 0.25) is 0 Å².